The molecule has 0 aromatic carbocycles. The molecule has 1 saturated heterocycles. The van der Waals surface area contributed by atoms with Gasteiger partial charge >= 0.3 is 0 Å². The van der Waals surface area contributed by atoms with Crippen LogP contribution in [0.3, 0.4) is 0 Å². The van der Waals surface area contributed by atoms with Gasteiger partial charge in [0.25, 0.3) is 0 Å². The number of carbonyl (C=O) groups is 2. The molecule has 0 radical (unpaired) electrons. The van der Waals surface area contributed by atoms with Gasteiger partial charge in [0.2, 0.25) is 5.91 Å². The lowest BCUT2D eigenvalue weighted by Gasteiger charge is -1.94. The highest BCUT2D eigenvalue weighted by Gasteiger charge is 2.27. The fourth-order valence-corrected chi connectivity index (χ4v) is 0.961. The van der Waals surface area contributed by atoms with Crippen LogP contribution in [0.15, 0.2) is 0 Å². The second-order valence-corrected chi connectivity index (χ2v) is 2.39. The summed E-state index contributed by atoms with van der Waals surface area (Å²) in [5.41, 5.74) is 0. The van der Waals surface area contributed by atoms with Crippen LogP contribution in [-0.2, 0) is 9.59 Å². The Bertz CT molecular complexity index is 144. The van der Waals surface area contributed by atoms with Gasteiger partial charge in [0.05, 0.1) is 6.04 Å². The summed E-state index contributed by atoms with van der Waals surface area (Å²) in [4.78, 5) is 20.8. The van der Waals surface area contributed by atoms with Crippen molar-refractivity contribution in [3.8, 4) is 0 Å². The van der Waals surface area contributed by atoms with Gasteiger partial charge in [0.1, 0.15) is 6.29 Å². The van der Waals surface area contributed by atoms with Gasteiger partial charge in [-0.1, -0.05) is 6.92 Å². The number of carbonyl (C=O) groups excluding carboxylic acids is 2. The van der Waals surface area contributed by atoms with Crippen LogP contribution in [0.25, 0.3) is 0 Å². The van der Waals surface area contributed by atoms with E-state index in [0.29, 0.717) is 6.42 Å². The number of hydrogen-bond donors (Lipinski definition) is 1. The van der Waals surface area contributed by atoms with E-state index in [0.717, 1.165) is 6.29 Å². The smallest absolute Gasteiger partial charge is 0.223 e. The number of nitrogens with one attached hydrogen (secondary N) is 1. The van der Waals surface area contributed by atoms with Gasteiger partial charge in [-0.25, -0.2) is 0 Å². The Kier molecular flexibility index (Phi) is 1.51. The maximum absolute atomic E-state index is 10.7. The minimum Gasteiger partial charge on any atom is -0.346 e. The summed E-state index contributed by atoms with van der Waals surface area (Å²) in [6, 6.07) is -0.229. The van der Waals surface area contributed by atoms with Gasteiger partial charge in [0.15, 0.2) is 0 Å². The molecule has 50 valence electrons. The first-order chi connectivity index (χ1) is 4.24. The average Bonchev–Trinajstić information content (AvgIpc) is 2.13. The number of hydrogen-bond acceptors (Lipinski definition) is 2. The molecule has 9 heavy (non-hydrogen) atoms. The molecule has 3 heteroatoms. The molecule has 0 aromatic rings. The van der Waals surface area contributed by atoms with Crippen LogP contribution in [-0.4, -0.2) is 18.2 Å². The fourth-order valence-electron chi connectivity index (χ4n) is 0.961. The summed E-state index contributed by atoms with van der Waals surface area (Å²) in [5.74, 6) is 0.00676. The first-order valence-corrected chi connectivity index (χ1v) is 2.99. The minimum atomic E-state index is -0.229. The van der Waals surface area contributed by atoms with Crippen molar-refractivity contribution in [3.63, 3.8) is 0 Å². The van der Waals surface area contributed by atoms with Gasteiger partial charge in [-0.15, -0.1) is 0 Å². The van der Waals surface area contributed by atoms with Crippen molar-refractivity contribution in [2.45, 2.75) is 19.4 Å². The molecule has 0 aromatic heterocycles. The zero-order valence-electron chi connectivity index (χ0n) is 5.26. The van der Waals surface area contributed by atoms with E-state index >= 15 is 0 Å². The van der Waals surface area contributed by atoms with Crippen LogP contribution in [0.1, 0.15) is 13.3 Å². The highest BCUT2D eigenvalue weighted by Crippen LogP contribution is 2.11. The van der Waals surface area contributed by atoms with E-state index in [1.165, 1.54) is 0 Å². The summed E-state index contributed by atoms with van der Waals surface area (Å²) >= 11 is 0. The zero-order chi connectivity index (χ0) is 6.85. The van der Waals surface area contributed by atoms with E-state index in [1.54, 1.807) is 0 Å². The maximum Gasteiger partial charge on any atom is 0.223 e. The number of amides is 1. The molecule has 1 aliphatic heterocycles. The van der Waals surface area contributed by atoms with Gasteiger partial charge in [-0.05, 0) is 6.42 Å². The lowest BCUT2D eigenvalue weighted by Crippen LogP contribution is -2.26. The summed E-state index contributed by atoms with van der Waals surface area (Å²) in [7, 11) is 0. The molecule has 1 fully saturated rings. The summed E-state index contributed by atoms with van der Waals surface area (Å²) in [6.45, 7) is 1.82. The fraction of sp³-hybridized carbons (Fsp3) is 0.667. The van der Waals surface area contributed by atoms with Crippen LogP contribution in [0.5, 0.6) is 0 Å². The molecule has 0 saturated carbocycles. The van der Waals surface area contributed by atoms with Crippen LogP contribution >= 0.6 is 0 Å². The summed E-state index contributed by atoms with van der Waals surface area (Å²) < 4.78 is 0. The second-order valence-electron chi connectivity index (χ2n) is 2.39. The molecule has 0 aliphatic carbocycles. The Morgan fingerprint density at radius 2 is 2.44 bits per heavy atom. The molecule has 1 heterocycles. The highest BCUT2D eigenvalue weighted by molar-refractivity contribution is 5.85. The van der Waals surface area contributed by atoms with Crippen molar-refractivity contribution in [2.75, 3.05) is 0 Å². The molecule has 0 spiro atoms. The minimum absolute atomic E-state index is 0.00731. The quantitative estimate of drug-likeness (QED) is 0.492. The second kappa shape index (κ2) is 2.17. The van der Waals surface area contributed by atoms with E-state index in [9.17, 15) is 9.59 Å². The molecular formula is C6H9NO2. The zero-order valence-corrected chi connectivity index (χ0v) is 5.26. The number of rotatable bonds is 1. The standard InChI is InChI=1S/C6H9NO2/c1-4-2-5(3-8)7-6(4)9/h3-5H,2H2,1H3,(H,7,9)/t4-,5?/m1/s1. The van der Waals surface area contributed by atoms with Gasteiger partial charge in [-0.3, -0.25) is 4.79 Å². The van der Waals surface area contributed by atoms with E-state index in [2.05, 4.69) is 5.32 Å². The predicted octanol–water partition coefficient (Wildman–Crippen LogP) is -0.290. The SMILES string of the molecule is C[C@@H]1CC(C=O)NC1=O. The predicted molar refractivity (Wildman–Crippen MR) is 31.8 cm³/mol. The summed E-state index contributed by atoms with van der Waals surface area (Å²) in [5, 5.41) is 2.55. The first kappa shape index (κ1) is 6.26. The first-order valence-electron chi connectivity index (χ1n) is 2.99. The molecule has 1 rings (SSSR count). The van der Waals surface area contributed by atoms with Crippen molar-refractivity contribution < 1.29 is 9.59 Å². The van der Waals surface area contributed by atoms with Crippen molar-refractivity contribution in [1.82, 2.24) is 5.32 Å². The van der Waals surface area contributed by atoms with E-state index < -0.39 is 0 Å². The van der Waals surface area contributed by atoms with Crippen molar-refractivity contribution in [1.29, 1.82) is 0 Å². The molecule has 3 nitrogen and oxygen atoms in total. The van der Waals surface area contributed by atoms with Crippen LogP contribution in [0, 0.1) is 5.92 Å². The normalized spacial score (nSPS) is 34.1. The van der Waals surface area contributed by atoms with Crippen molar-refractivity contribution >= 4 is 12.2 Å². The average molecular weight is 127 g/mol. The highest BCUT2D eigenvalue weighted by atomic mass is 16.2. The third-order valence-electron chi connectivity index (χ3n) is 1.55. The van der Waals surface area contributed by atoms with Crippen LogP contribution in [0.2, 0.25) is 0 Å². The van der Waals surface area contributed by atoms with E-state index in [4.69, 9.17) is 0 Å². The van der Waals surface area contributed by atoms with Crippen molar-refractivity contribution in [2.24, 2.45) is 5.92 Å². The topological polar surface area (TPSA) is 46.2 Å². The molecule has 1 N–H and O–H groups in total. The van der Waals surface area contributed by atoms with Crippen LogP contribution < -0.4 is 5.32 Å². The molecule has 2 atom stereocenters. The Hall–Kier alpha value is -0.860. The van der Waals surface area contributed by atoms with Crippen LogP contribution in [0.4, 0.5) is 0 Å². The molecule has 0 bridgehead atoms. The largest absolute Gasteiger partial charge is 0.346 e. The number of aldehydes is 1. The maximum atomic E-state index is 10.7. The third kappa shape index (κ3) is 1.09. The van der Waals surface area contributed by atoms with Gasteiger partial charge in [-0.2, -0.15) is 0 Å². The molecule has 1 amide bonds. The third-order valence-corrected chi connectivity index (χ3v) is 1.55. The van der Waals surface area contributed by atoms with Gasteiger partial charge in [0, 0.05) is 5.92 Å². The monoisotopic (exact) mass is 127 g/mol. The molecule has 1 unspecified atom stereocenters. The Labute approximate surface area is 53.4 Å². The van der Waals surface area contributed by atoms with E-state index in [-0.39, 0.29) is 17.9 Å². The summed E-state index contributed by atoms with van der Waals surface area (Å²) in [6.07, 6.45) is 1.43. The molecular weight excluding hydrogens is 118 g/mol. The van der Waals surface area contributed by atoms with E-state index in [1.807, 2.05) is 6.92 Å². The van der Waals surface area contributed by atoms with Gasteiger partial charge < -0.3 is 10.1 Å². The van der Waals surface area contributed by atoms with Crippen molar-refractivity contribution in [3.05, 3.63) is 0 Å². The molecule has 1 aliphatic rings. The Morgan fingerprint density at radius 1 is 1.78 bits per heavy atom. The Morgan fingerprint density at radius 3 is 2.67 bits per heavy atom. The lowest BCUT2D eigenvalue weighted by atomic mass is 10.1. The lowest BCUT2D eigenvalue weighted by molar-refractivity contribution is -0.122. The Balaban J connectivity index is 2.53.